The first-order valence-corrected chi connectivity index (χ1v) is 17.6. The van der Waals surface area contributed by atoms with Gasteiger partial charge in [-0.25, -0.2) is 0 Å². The maximum Gasteiger partial charge on any atom is 0.104 e. The van der Waals surface area contributed by atoms with Crippen molar-refractivity contribution in [1.82, 2.24) is 0 Å². The molecule has 0 aromatic rings. The minimum absolute atomic E-state index is 0.190. The Morgan fingerprint density at radius 1 is 0.447 bits per heavy atom. The molecule has 0 radical (unpaired) electrons. The summed E-state index contributed by atoms with van der Waals surface area (Å²) in [4.78, 5) is 0. The number of rotatable bonds is 31. The molecule has 0 amide bonds. The van der Waals surface area contributed by atoms with Crippen LogP contribution in [0, 0.1) is 0 Å². The first-order chi connectivity index (χ1) is 18.8. The molecule has 3 nitrogen and oxygen atoms in total. The van der Waals surface area contributed by atoms with Crippen molar-refractivity contribution in [3.05, 3.63) is 0 Å². The molecule has 0 aromatic heterocycles. The van der Waals surface area contributed by atoms with Crippen LogP contribution in [0.1, 0.15) is 194 Å². The van der Waals surface area contributed by atoms with E-state index in [1.54, 1.807) is 0 Å². The minimum Gasteiger partial charge on any atom is -0.394 e. The number of epoxide rings is 1. The summed E-state index contributed by atoms with van der Waals surface area (Å²) in [5.41, 5.74) is 0. The van der Waals surface area contributed by atoms with Crippen LogP contribution in [0.5, 0.6) is 0 Å². The molecule has 1 saturated heterocycles. The van der Waals surface area contributed by atoms with Crippen molar-refractivity contribution >= 4 is 0 Å². The highest BCUT2D eigenvalue weighted by molar-refractivity contribution is 4.65. The zero-order valence-corrected chi connectivity index (χ0v) is 26.5. The van der Waals surface area contributed by atoms with Gasteiger partial charge in [-0.15, -0.1) is 0 Å². The SMILES string of the molecule is CCCCCCCCCCCCCCCCOCCCCCCCCCCCCCCCC.OCC1CO1. The van der Waals surface area contributed by atoms with E-state index in [9.17, 15) is 0 Å². The van der Waals surface area contributed by atoms with E-state index < -0.39 is 0 Å². The van der Waals surface area contributed by atoms with Crippen LogP contribution in [-0.2, 0) is 9.47 Å². The zero-order chi connectivity index (χ0) is 27.6. The van der Waals surface area contributed by atoms with Crippen LogP contribution < -0.4 is 0 Å². The third kappa shape index (κ3) is 35.9. The monoisotopic (exact) mass is 541 g/mol. The molecule has 1 aliphatic heterocycles. The molecule has 1 heterocycles. The van der Waals surface area contributed by atoms with Crippen LogP contribution in [-0.4, -0.2) is 37.6 Å². The van der Waals surface area contributed by atoms with Gasteiger partial charge in [0.15, 0.2) is 0 Å². The van der Waals surface area contributed by atoms with Crippen molar-refractivity contribution < 1.29 is 14.6 Å². The molecule has 38 heavy (non-hydrogen) atoms. The highest BCUT2D eigenvalue weighted by Crippen LogP contribution is 2.14. The van der Waals surface area contributed by atoms with Crippen molar-refractivity contribution in [2.75, 3.05) is 26.4 Å². The normalized spacial score (nSPS) is 14.4. The Morgan fingerprint density at radius 2 is 0.684 bits per heavy atom. The molecule has 230 valence electrons. The molecule has 1 rings (SSSR count). The number of aliphatic hydroxyl groups is 1. The molecule has 3 heteroatoms. The maximum atomic E-state index is 8.08. The summed E-state index contributed by atoms with van der Waals surface area (Å²) in [7, 11) is 0. The molecular weight excluding hydrogens is 468 g/mol. The van der Waals surface area contributed by atoms with Crippen LogP contribution in [0.3, 0.4) is 0 Å². The molecule has 1 N–H and O–H groups in total. The van der Waals surface area contributed by atoms with Crippen LogP contribution in [0.25, 0.3) is 0 Å². The second kappa shape index (κ2) is 34.9. The van der Waals surface area contributed by atoms with Crippen LogP contribution >= 0.6 is 0 Å². The van der Waals surface area contributed by atoms with Crippen molar-refractivity contribution in [3.8, 4) is 0 Å². The Hall–Kier alpha value is -0.120. The Morgan fingerprint density at radius 3 is 0.868 bits per heavy atom. The van der Waals surface area contributed by atoms with Crippen molar-refractivity contribution in [1.29, 1.82) is 0 Å². The summed E-state index contributed by atoms with van der Waals surface area (Å²) in [5.74, 6) is 0. The fourth-order valence-corrected chi connectivity index (χ4v) is 5.07. The zero-order valence-electron chi connectivity index (χ0n) is 26.5. The number of hydrogen-bond acceptors (Lipinski definition) is 3. The summed E-state index contributed by atoms with van der Waals surface area (Å²) < 4.78 is 10.5. The number of unbranched alkanes of at least 4 members (excludes halogenated alkanes) is 26. The van der Waals surface area contributed by atoms with Gasteiger partial charge < -0.3 is 14.6 Å². The third-order valence-electron chi connectivity index (χ3n) is 7.89. The standard InChI is InChI=1S/C32H66O.C3H6O2/c1-3-5-7-9-11-13-15-17-19-21-23-25-27-29-31-33-32-30-28-26-24-22-20-18-16-14-12-10-8-6-4-2;4-1-3-2-5-3/h3-32H2,1-2H3;3-4H,1-2H2. The molecule has 1 unspecified atom stereocenters. The topological polar surface area (TPSA) is 42.0 Å². The molecule has 0 saturated carbocycles. The van der Waals surface area contributed by atoms with Gasteiger partial charge in [-0.2, -0.15) is 0 Å². The average molecular weight is 541 g/mol. The fourth-order valence-electron chi connectivity index (χ4n) is 5.07. The van der Waals surface area contributed by atoms with Crippen molar-refractivity contribution in [2.45, 2.75) is 200 Å². The highest BCUT2D eigenvalue weighted by Gasteiger charge is 2.19. The van der Waals surface area contributed by atoms with E-state index in [0.717, 1.165) is 19.8 Å². The molecule has 1 aliphatic rings. The van der Waals surface area contributed by atoms with E-state index in [1.165, 1.54) is 180 Å². The summed E-state index contributed by atoms with van der Waals surface area (Å²) >= 11 is 0. The largest absolute Gasteiger partial charge is 0.394 e. The van der Waals surface area contributed by atoms with Crippen molar-refractivity contribution in [2.24, 2.45) is 0 Å². The molecule has 1 fully saturated rings. The predicted molar refractivity (Wildman–Crippen MR) is 168 cm³/mol. The second-order valence-electron chi connectivity index (χ2n) is 11.9. The second-order valence-corrected chi connectivity index (χ2v) is 11.9. The van der Waals surface area contributed by atoms with Gasteiger partial charge in [0.2, 0.25) is 0 Å². The van der Waals surface area contributed by atoms with Crippen molar-refractivity contribution in [3.63, 3.8) is 0 Å². The van der Waals surface area contributed by atoms with Gasteiger partial charge >= 0.3 is 0 Å². The fraction of sp³-hybridized carbons (Fsp3) is 1.00. The highest BCUT2D eigenvalue weighted by atomic mass is 16.6. The lowest BCUT2D eigenvalue weighted by atomic mass is 10.0. The van der Waals surface area contributed by atoms with Gasteiger partial charge in [0, 0.05) is 13.2 Å². The third-order valence-corrected chi connectivity index (χ3v) is 7.89. The van der Waals surface area contributed by atoms with E-state index in [4.69, 9.17) is 9.84 Å². The molecule has 0 aromatic carbocycles. The molecule has 1 atom stereocenters. The number of aliphatic hydroxyl groups excluding tert-OH is 1. The van der Waals surface area contributed by atoms with E-state index in [-0.39, 0.29) is 12.7 Å². The lowest BCUT2D eigenvalue weighted by molar-refractivity contribution is 0.125. The molecule has 0 spiro atoms. The average Bonchev–Trinajstić information content (AvgIpc) is 3.78. The Kier molecular flexibility index (Phi) is 34.8. The first-order valence-electron chi connectivity index (χ1n) is 17.6. The predicted octanol–water partition coefficient (Wildman–Crippen LogP) is 11.3. The van der Waals surface area contributed by atoms with Crippen LogP contribution in [0.15, 0.2) is 0 Å². The van der Waals surface area contributed by atoms with Gasteiger partial charge in [-0.1, -0.05) is 181 Å². The van der Waals surface area contributed by atoms with Gasteiger partial charge in [-0.3, -0.25) is 0 Å². The van der Waals surface area contributed by atoms with E-state index in [2.05, 4.69) is 18.6 Å². The van der Waals surface area contributed by atoms with E-state index >= 15 is 0 Å². The summed E-state index contributed by atoms with van der Waals surface area (Å²) in [6.45, 7) is 7.55. The smallest absolute Gasteiger partial charge is 0.104 e. The minimum atomic E-state index is 0.190. The van der Waals surface area contributed by atoms with Gasteiger partial charge in [-0.05, 0) is 12.8 Å². The van der Waals surface area contributed by atoms with Gasteiger partial charge in [0.25, 0.3) is 0 Å². The van der Waals surface area contributed by atoms with Crippen LogP contribution in [0.2, 0.25) is 0 Å². The van der Waals surface area contributed by atoms with Crippen LogP contribution in [0.4, 0.5) is 0 Å². The molecular formula is C35H72O3. The summed E-state index contributed by atoms with van der Waals surface area (Å²) in [6.07, 6.45) is 40.2. The lowest BCUT2D eigenvalue weighted by Crippen LogP contribution is -1.97. The maximum absolute atomic E-state index is 8.08. The number of ether oxygens (including phenoxy) is 2. The Labute approximate surface area is 240 Å². The lowest BCUT2D eigenvalue weighted by Gasteiger charge is -2.05. The molecule has 0 bridgehead atoms. The van der Waals surface area contributed by atoms with Gasteiger partial charge in [0.05, 0.1) is 13.2 Å². The van der Waals surface area contributed by atoms with Gasteiger partial charge in [0.1, 0.15) is 6.10 Å². The Balaban J connectivity index is 0.00000242. The Bertz CT molecular complexity index is 367. The molecule has 0 aliphatic carbocycles. The van der Waals surface area contributed by atoms with E-state index in [0.29, 0.717) is 0 Å². The number of hydrogen-bond donors (Lipinski definition) is 1. The first kappa shape index (κ1) is 37.9. The van der Waals surface area contributed by atoms with E-state index in [1.807, 2.05) is 0 Å². The summed E-state index contributed by atoms with van der Waals surface area (Å²) in [5, 5.41) is 8.08. The summed E-state index contributed by atoms with van der Waals surface area (Å²) in [6, 6.07) is 0. The quantitative estimate of drug-likeness (QED) is 0.0702.